The summed E-state index contributed by atoms with van der Waals surface area (Å²) >= 11 is 0. The van der Waals surface area contributed by atoms with Crippen LogP contribution in [0.25, 0.3) is 0 Å². The Morgan fingerprint density at radius 2 is 0.543 bits per heavy atom. The average molecular weight is 559 g/mol. The highest BCUT2D eigenvalue weighted by atomic mass is 19.4. The predicted molar refractivity (Wildman–Crippen MR) is 121 cm³/mol. The van der Waals surface area contributed by atoms with E-state index in [1.807, 2.05) is 0 Å². The maximum Gasteiger partial charge on any atom is 0.421 e. The molecule has 13 heteroatoms. The number of rotatable bonds is 0. The molecule has 0 aromatic heterocycles. The molecule has 0 nitrogen and oxygen atoms in total. The van der Waals surface area contributed by atoms with Crippen molar-refractivity contribution in [2.24, 2.45) is 11.8 Å². The van der Waals surface area contributed by atoms with Gasteiger partial charge in [-0.1, -0.05) is 68.2 Å². The molecule has 0 amide bonds. The fourth-order valence-corrected chi connectivity index (χ4v) is 0. The van der Waals surface area contributed by atoms with Crippen LogP contribution >= 0.6 is 0 Å². The Morgan fingerprint density at radius 3 is 0.543 bits per heavy atom. The molecule has 0 unspecified atom stereocenters. The lowest BCUT2D eigenvalue weighted by Crippen LogP contribution is -2.33. The van der Waals surface area contributed by atoms with Gasteiger partial charge >= 0.3 is 18.5 Å². The van der Waals surface area contributed by atoms with Crippen molar-refractivity contribution in [3.05, 3.63) is 0 Å². The van der Waals surface area contributed by atoms with Crippen LogP contribution in [-0.2, 0) is 0 Å². The van der Waals surface area contributed by atoms with Crippen molar-refractivity contribution in [3.8, 4) is 0 Å². The van der Waals surface area contributed by atoms with Crippen LogP contribution in [0.5, 0.6) is 0 Å². The van der Waals surface area contributed by atoms with E-state index in [0.29, 0.717) is 28.2 Å². The molecule has 0 radical (unpaired) electrons. The van der Waals surface area contributed by atoms with Crippen LogP contribution in [0.1, 0.15) is 89.0 Å². The van der Waals surface area contributed by atoms with Gasteiger partial charge in [-0.15, -0.1) is 0 Å². The van der Waals surface area contributed by atoms with Gasteiger partial charge in [-0.3, -0.25) is 13.2 Å². The first-order valence-corrected chi connectivity index (χ1v) is 10.6. The molecular weight excluding hydrogens is 511 g/mol. The quantitative estimate of drug-likeness (QED) is 0.260. The van der Waals surface area contributed by atoms with Crippen LogP contribution in [0.4, 0.5) is 57.1 Å². The van der Waals surface area contributed by atoms with Crippen LogP contribution < -0.4 is 0 Å². The lowest BCUT2D eigenvalue weighted by Gasteiger charge is -2.17. The molecule has 0 aromatic rings. The monoisotopic (exact) mass is 558 g/mol. The van der Waals surface area contributed by atoms with E-state index in [0.717, 1.165) is 27.7 Å². The van der Waals surface area contributed by atoms with Crippen LogP contribution in [0.15, 0.2) is 0 Å². The Bertz CT molecular complexity index is 289. The summed E-state index contributed by atoms with van der Waals surface area (Å²) in [5.74, 6) is -2.40. The third kappa shape index (κ3) is 79.2. The highest BCUT2D eigenvalue weighted by molar-refractivity contribution is 4.75. The Hall–Kier alpha value is -0.910. The molecule has 0 atom stereocenters. The number of hydrogen-bond donors (Lipinski definition) is 0. The molecule has 0 heterocycles. The highest BCUT2D eigenvalue weighted by Gasteiger charge is 2.47. The van der Waals surface area contributed by atoms with Gasteiger partial charge in [0.05, 0.1) is 21.0 Å². The minimum atomic E-state index is -4.73. The van der Waals surface area contributed by atoms with Gasteiger partial charge in [-0.05, 0) is 20.8 Å². The molecule has 0 bridgehead atoms. The summed E-state index contributed by atoms with van der Waals surface area (Å²) < 4.78 is 142. The van der Waals surface area contributed by atoms with E-state index in [4.69, 9.17) is 0 Å². The lowest BCUT2D eigenvalue weighted by atomic mass is 10.2. The Kier molecular flexibility index (Phi) is 51.8. The zero-order chi connectivity index (χ0) is 31.3. The van der Waals surface area contributed by atoms with Gasteiger partial charge in [-0.2, -0.15) is 39.5 Å². The second kappa shape index (κ2) is 33.1. The van der Waals surface area contributed by atoms with Gasteiger partial charge in [0.25, 0.3) is 0 Å². The van der Waals surface area contributed by atoms with Crippen molar-refractivity contribution in [3.63, 3.8) is 0 Å². The van der Waals surface area contributed by atoms with Crippen molar-refractivity contribution >= 4 is 0 Å². The molecule has 0 aliphatic carbocycles. The molecule has 0 saturated heterocycles. The summed E-state index contributed by atoms with van der Waals surface area (Å²) in [6.07, 6.45) is -10.2. The molecule has 0 aliphatic heterocycles. The Balaban J connectivity index is -0.0000000421. The molecule has 0 spiro atoms. The minimum Gasteiger partial charge on any atom is -0.255 e. The maximum absolute atomic E-state index is 11.8. The minimum absolute atomic E-state index is 0.250. The molecule has 35 heavy (non-hydrogen) atoms. The summed E-state index contributed by atoms with van der Waals surface area (Å²) in [6, 6.07) is 0. The zero-order valence-corrected chi connectivity index (χ0v) is 23.2. The molecule has 0 fully saturated rings. The second-order valence-corrected chi connectivity index (χ2v) is 7.04. The number of halogens is 13. The van der Waals surface area contributed by atoms with Gasteiger partial charge in [-0.25, -0.2) is 4.39 Å². The Labute approximate surface area is 204 Å². The van der Waals surface area contributed by atoms with Gasteiger partial charge in [0.15, 0.2) is 5.67 Å². The second-order valence-electron chi connectivity index (χ2n) is 7.04. The molecule has 0 saturated carbocycles. The van der Waals surface area contributed by atoms with Crippen molar-refractivity contribution < 1.29 is 57.1 Å². The summed E-state index contributed by atoms with van der Waals surface area (Å²) in [5.41, 5.74) is -3.06. The lowest BCUT2D eigenvalue weighted by molar-refractivity contribution is -0.216. The standard InChI is InChI=1S/C4H6F4.2C4H7F3.2C3H8.C2H5F.2CH3F/c1-3(2,5)4(6,7)8;2*1-3(2)4(5,6)7;2*1-3-2;1-2-3;2*1-2/h1-2H3;2*3H,1-2H3;2*3H2,1-2H3;2H2,1H3;2*1H3. The van der Waals surface area contributed by atoms with E-state index in [9.17, 15) is 57.1 Å². The van der Waals surface area contributed by atoms with Gasteiger partial charge in [0.1, 0.15) is 0 Å². The SMILES string of the molecule is CC(C)(F)C(F)(F)F.CC(C)C(F)(F)F.CC(C)C(F)(F)F.CCC.CCC.CCF.CF.CF. The fourth-order valence-electron chi connectivity index (χ4n) is 0. The van der Waals surface area contributed by atoms with Crippen molar-refractivity contribution in [2.75, 3.05) is 21.0 Å². The summed E-state index contributed by atoms with van der Waals surface area (Å²) in [5, 5.41) is 0. The largest absolute Gasteiger partial charge is 0.421 e. The number of alkyl halides is 13. The van der Waals surface area contributed by atoms with E-state index in [1.54, 1.807) is 0 Å². The van der Waals surface area contributed by atoms with Gasteiger partial charge < -0.3 is 0 Å². The smallest absolute Gasteiger partial charge is 0.255 e. The molecule has 226 valence electrons. The van der Waals surface area contributed by atoms with Crippen molar-refractivity contribution in [1.82, 2.24) is 0 Å². The average Bonchev–Trinajstić information content (AvgIpc) is 2.65. The van der Waals surface area contributed by atoms with E-state index in [2.05, 4.69) is 27.7 Å². The van der Waals surface area contributed by atoms with Crippen LogP contribution in [0, 0.1) is 11.8 Å². The summed E-state index contributed by atoms with van der Waals surface area (Å²) in [4.78, 5) is 0. The van der Waals surface area contributed by atoms with Gasteiger partial charge in [0.2, 0.25) is 0 Å². The van der Waals surface area contributed by atoms with E-state index < -0.39 is 36.0 Å². The summed E-state index contributed by atoms with van der Waals surface area (Å²) in [7, 11) is 1.00. The Morgan fingerprint density at radius 1 is 0.486 bits per heavy atom. The third-order valence-electron chi connectivity index (χ3n) is 1.98. The van der Waals surface area contributed by atoms with E-state index in [1.165, 1.54) is 19.8 Å². The third-order valence-corrected chi connectivity index (χ3v) is 1.98. The molecule has 0 rings (SSSR count). The highest BCUT2D eigenvalue weighted by Crippen LogP contribution is 2.32. The summed E-state index contributed by atoms with van der Waals surface area (Å²) in [6.45, 7) is 15.2. The molecule has 0 aliphatic rings. The molecule has 0 N–H and O–H groups in total. The van der Waals surface area contributed by atoms with E-state index in [-0.39, 0.29) is 6.67 Å². The molecule has 0 aromatic carbocycles. The van der Waals surface area contributed by atoms with Crippen molar-refractivity contribution in [1.29, 1.82) is 0 Å². The first kappa shape index (κ1) is 54.8. The van der Waals surface area contributed by atoms with Crippen molar-refractivity contribution in [2.45, 2.75) is 113 Å². The van der Waals surface area contributed by atoms with Gasteiger partial charge in [0, 0.05) is 11.8 Å². The first-order chi connectivity index (χ1) is 15.4. The van der Waals surface area contributed by atoms with Crippen LogP contribution in [0.3, 0.4) is 0 Å². The zero-order valence-electron chi connectivity index (χ0n) is 23.2. The first-order valence-electron chi connectivity index (χ1n) is 10.6. The molecular formula is C22H47F13. The van der Waals surface area contributed by atoms with Crippen LogP contribution in [0.2, 0.25) is 0 Å². The normalized spacial score (nSPS) is 10.3. The topological polar surface area (TPSA) is 0 Å². The van der Waals surface area contributed by atoms with E-state index >= 15 is 0 Å². The van der Waals surface area contributed by atoms with Crippen LogP contribution in [-0.4, -0.2) is 45.2 Å². The predicted octanol–water partition coefficient (Wildman–Crippen LogP) is 11.7. The fraction of sp³-hybridized carbons (Fsp3) is 1.00. The maximum atomic E-state index is 11.8. The number of hydrogen-bond acceptors (Lipinski definition) is 0.